The summed E-state index contributed by atoms with van der Waals surface area (Å²) in [6, 6.07) is 2.06. The number of hydrogen-bond donors (Lipinski definition) is 1. The zero-order valence-corrected chi connectivity index (χ0v) is 11.0. The van der Waals surface area contributed by atoms with E-state index in [1.807, 2.05) is 11.0 Å². The maximum absolute atomic E-state index is 12.2. The van der Waals surface area contributed by atoms with Crippen LogP contribution in [0.2, 0.25) is 0 Å². The van der Waals surface area contributed by atoms with Crippen molar-refractivity contribution in [1.82, 2.24) is 20.0 Å². The maximum atomic E-state index is 12.2. The highest BCUT2D eigenvalue weighted by molar-refractivity contribution is 5.78. The zero-order chi connectivity index (χ0) is 13.1. The van der Waals surface area contributed by atoms with Gasteiger partial charge in [-0.3, -0.25) is 14.8 Å². The summed E-state index contributed by atoms with van der Waals surface area (Å²) in [5.74, 6) is 0.240. The van der Waals surface area contributed by atoms with Crippen molar-refractivity contribution in [2.45, 2.75) is 18.9 Å². The van der Waals surface area contributed by atoms with E-state index in [2.05, 4.69) is 15.1 Å². The highest BCUT2D eigenvalue weighted by Gasteiger charge is 2.29. The summed E-state index contributed by atoms with van der Waals surface area (Å²) >= 11 is 0. The van der Waals surface area contributed by atoms with Crippen LogP contribution < -0.4 is 0 Å². The van der Waals surface area contributed by atoms with Crippen molar-refractivity contribution in [3.05, 3.63) is 18.0 Å². The average molecular weight is 264 g/mol. The lowest BCUT2D eigenvalue weighted by atomic mass is 10.1. The fraction of sp³-hybridized carbons (Fsp3) is 0.692. The highest BCUT2D eigenvalue weighted by Crippen LogP contribution is 2.22. The molecular formula is C13H20N4O2. The van der Waals surface area contributed by atoms with Crippen molar-refractivity contribution < 1.29 is 9.53 Å². The van der Waals surface area contributed by atoms with Gasteiger partial charge >= 0.3 is 0 Å². The molecule has 6 heteroatoms. The van der Waals surface area contributed by atoms with E-state index in [-0.39, 0.29) is 11.9 Å². The molecule has 0 bridgehead atoms. The minimum atomic E-state index is 0.114. The smallest absolute Gasteiger partial charge is 0.236 e. The van der Waals surface area contributed by atoms with Gasteiger partial charge < -0.3 is 9.64 Å². The first kappa shape index (κ1) is 12.6. The number of nitrogens with one attached hydrogen (secondary N) is 1. The highest BCUT2D eigenvalue weighted by atomic mass is 16.5. The number of aromatic nitrogens is 2. The van der Waals surface area contributed by atoms with Crippen molar-refractivity contribution in [1.29, 1.82) is 0 Å². The Labute approximate surface area is 112 Å². The summed E-state index contributed by atoms with van der Waals surface area (Å²) in [6.07, 6.45) is 4.02. The number of carbonyl (C=O) groups excluding carboxylic acids is 1. The molecule has 0 saturated carbocycles. The molecule has 6 nitrogen and oxygen atoms in total. The molecule has 0 spiro atoms. The van der Waals surface area contributed by atoms with E-state index in [9.17, 15) is 4.79 Å². The van der Waals surface area contributed by atoms with E-state index in [1.54, 1.807) is 6.20 Å². The lowest BCUT2D eigenvalue weighted by molar-refractivity contribution is -0.133. The molecule has 0 radical (unpaired) electrons. The molecule has 3 rings (SSSR count). The van der Waals surface area contributed by atoms with Gasteiger partial charge in [-0.2, -0.15) is 5.10 Å². The SMILES string of the molecule is O=C(CN1CCOC[C@@H]1c1ccn[nH]1)N1CCCC1. The standard InChI is InChI=1S/C13H20N4O2/c18-13(16-5-1-2-6-16)9-17-7-8-19-10-12(17)11-3-4-14-15-11/h3-4,12H,1-2,5-10H2,(H,14,15)/t12-/m1/s1. The first-order chi connectivity index (χ1) is 9.34. The van der Waals surface area contributed by atoms with Crippen LogP contribution in [0.15, 0.2) is 12.3 Å². The summed E-state index contributed by atoms with van der Waals surface area (Å²) in [5, 5.41) is 6.97. The number of carbonyl (C=O) groups is 1. The van der Waals surface area contributed by atoms with Crippen molar-refractivity contribution in [3.63, 3.8) is 0 Å². The molecule has 1 amide bonds. The van der Waals surface area contributed by atoms with Crippen LogP contribution >= 0.6 is 0 Å². The van der Waals surface area contributed by atoms with Crippen LogP contribution in [0.4, 0.5) is 0 Å². The Hall–Kier alpha value is -1.40. The third kappa shape index (κ3) is 2.79. The zero-order valence-electron chi connectivity index (χ0n) is 11.0. The fourth-order valence-corrected chi connectivity index (χ4v) is 2.81. The fourth-order valence-electron chi connectivity index (χ4n) is 2.81. The lowest BCUT2D eigenvalue weighted by Crippen LogP contribution is -2.46. The monoisotopic (exact) mass is 264 g/mol. The van der Waals surface area contributed by atoms with Gasteiger partial charge in [-0.15, -0.1) is 0 Å². The third-order valence-electron chi connectivity index (χ3n) is 3.92. The Balaban J connectivity index is 1.65. The summed E-state index contributed by atoms with van der Waals surface area (Å²) in [5.41, 5.74) is 1.02. The number of H-pyrrole nitrogens is 1. The van der Waals surface area contributed by atoms with Crippen LogP contribution in [0, 0.1) is 0 Å². The maximum Gasteiger partial charge on any atom is 0.236 e. The topological polar surface area (TPSA) is 61.5 Å². The van der Waals surface area contributed by atoms with Crippen LogP contribution in [0.5, 0.6) is 0 Å². The molecule has 1 atom stereocenters. The molecule has 2 fully saturated rings. The lowest BCUT2D eigenvalue weighted by Gasteiger charge is -2.35. The number of aromatic amines is 1. The second-order valence-electron chi connectivity index (χ2n) is 5.16. The van der Waals surface area contributed by atoms with Gasteiger partial charge in [0.2, 0.25) is 5.91 Å². The predicted octanol–water partition coefficient (Wildman–Crippen LogP) is 0.405. The van der Waals surface area contributed by atoms with Gasteiger partial charge in [-0.05, 0) is 18.9 Å². The van der Waals surface area contributed by atoms with Gasteiger partial charge in [0.15, 0.2) is 0 Å². The normalized spacial score (nSPS) is 24.8. The number of hydrogen-bond acceptors (Lipinski definition) is 4. The van der Waals surface area contributed by atoms with E-state index in [1.165, 1.54) is 0 Å². The van der Waals surface area contributed by atoms with Crippen molar-refractivity contribution in [3.8, 4) is 0 Å². The first-order valence-electron chi connectivity index (χ1n) is 6.93. The summed E-state index contributed by atoms with van der Waals surface area (Å²) in [6.45, 7) is 4.42. The molecule has 19 heavy (non-hydrogen) atoms. The quantitative estimate of drug-likeness (QED) is 0.858. The number of likely N-dealkylation sites (tertiary alicyclic amines) is 1. The molecule has 0 aromatic carbocycles. The number of amides is 1. The second kappa shape index (κ2) is 5.71. The van der Waals surface area contributed by atoms with E-state index < -0.39 is 0 Å². The van der Waals surface area contributed by atoms with Crippen LogP contribution in [0.25, 0.3) is 0 Å². The Morgan fingerprint density at radius 1 is 1.42 bits per heavy atom. The summed E-state index contributed by atoms with van der Waals surface area (Å²) in [4.78, 5) is 16.4. The minimum absolute atomic E-state index is 0.114. The Morgan fingerprint density at radius 2 is 2.26 bits per heavy atom. The summed E-state index contributed by atoms with van der Waals surface area (Å²) < 4.78 is 5.53. The Kier molecular flexibility index (Phi) is 3.79. The Morgan fingerprint density at radius 3 is 3.00 bits per heavy atom. The van der Waals surface area contributed by atoms with Crippen LogP contribution in [0.1, 0.15) is 24.6 Å². The largest absolute Gasteiger partial charge is 0.378 e. The third-order valence-corrected chi connectivity index (χ3v) is 3.92. The Bertz CT molecular complexity index is 414. The molecule has 0 aliphatic carbocycles. The molecule has 2 aliphatic heterocycles. The predicted molar refractivity (Wildman–Crippen MR) is 69.5 cm³/mol. The van der Waals surface area contributed by atoms with Crippen LogP contribution in [0.3, 0.4) is 0 Å². The molecule has 2 saturated heterocycles. The molecule has 3 heterocycles. The van der Waals surface area contributed by atoms with Gasteiger partial charge in [0, 0.05) is 25.8 Å². The molecule has 1 aromatic heterocycles. The van der Waals surface area contributed by atoms with Gasteiger partial charge in [-0.25, -0.2) is 0 Å². The number of morpholine rings is 1. The number of nitrogens with zero attached hydrogens (tertiary/aromatic N) is 3. The molecule has 1 N–H and O–H groups in total. The van der Waals surface area contributed by atoms with Gasteiger partial charge in [0.1, 0.15) is 0 Å². The molecule has 0 unspecified atom stereocenters. The molecule has 2 aliphatic rings. The summed E-state index contributed by atoms with van der Waals surface area (Å²) in [7, 11) is 0. The van der Waals surface area contributed by atoms with E-state index in [0.717, 1.165) is 38.2 Å². The molecule has 104 valence electrons. The van der Waals surface area contributed by atoms with Crippen LogP contribution in [-0.2, 0) is 9.53 Å². The second-order valence-corrected chi connectivity index (χ2v) is 5.16. The van der Waals surface area contributed by atoms with Crippen molar-refractivity contribution in [2.75, 3.05) is 39.4 Å². The first-order valence-corrected chi connectivity index (χ1v) is 6.93. The average Bonchev–Trinajstić information content (AvgIpc) is 3.13. The van der Waals surface area contributed by atoms with Gasteiger partial charge in [0.05, 0.1) is 31.5 Å². The van der Waals surface area contributed by atoms with Crippen molar-refractivity contribution in [2.24, 2.45) is 0 Å². The van der Waals surface area contributed by atoms with E-state index >= 15 is 0 Å². The minimum Gasteiger partial charge on any atom is -0.378 e. The number of rotatable bonds is 3. The van der Waals surface area contributed by atoms with E-state index in [0.29, 0.717) is 19.8 Å². The van der Waals surface area contributed by atoms with Crippen LogP contribution in [-0.4, -0.2) is 65.3 Å². The van der Waals surface area contributed by atoms with Gasteiger partial charge in [-0.1, -0.05) is 0 Å². The molecule has 1 aromatic rings. The molecular weight excluding hydrogens is 244 g/mol. The van der Waals surface area contributed by atoms with Gasteiger partial charge in [0.25, 0.3) is 0 Å². The number of ether oxygens (including phenoxy) is 1. The van der Waals surface area contributed by atoms with Crippen molar-refractivity contribution >= 4 is 5.91 Å². The van der Waals surface area contributed by atoms with E-state index in [4.69, 9.17) is 4.74 Å².